The smallest absolute Gasteiger partial charge is 0.0692 e. The largest absolute Gasteiger partial charge is 0.390 e. The summed E-state index contributed by atoms with van der Waals surface area (Å²) < 4.78 is 10.8. The molecule has 0 aromatic carbocycles. The van der Waals surface area contributed by atoms with Crippen molar-refractivity contribution in [2.45, 2.75) is 50.2 Å². The van der Waals surface area contributed by atoms with Crippen LogP contribution in [0.5, 0.6) is 0 Å². The van der Waals surface area contributed by atoms with E-state index < -0.39 is 5.60 Å². The Labute approximate surface area is 85.4 Å². The molecule has 2 saturated heterocycles. The van der Waals surface area contributed by atoms with Crippen LogP contribution in [-0.2, 0) is 9.47 Å². The minimum atomic E-state index is -0.468. The number of hydrogen-bond donors (Lipinski definition) is 1. The van der Waals surface area contributed by atoms with E-state index in [1.54, 1.807) is 0 Å². The minimum absolute atomic E-state index is 0.405. The fourth-order valence-electron chi connectivity index (χ4n) is 2.30. The van der Waals surface area contributed by atoms with Crippen molar-refractivity contribution in [3.05, 3.63) is 0 Å². The molecule has 82 valence electrons. The van der Waals surface area contributed by atoms with Gasteiger partial charge in [-0.2, -0.15) is 0 Å². The second-order valence-electron chi connectivity index (χ2n) is 4.51. The SMILES string of the molecule is OC1(CCC2CCCO2)CCOCC1. The highest BCUT2D eigenvalue weighted by Gasteiger charge is 2.30. The van der Waals surface area contributed by atoms with Crippen molar-refractivity contribution in [2.24, 2.45) is 0 Å². The van der Waals surface area contributed by atoms with Gasteiger partial charge in [-0.25, -0.2) is 0 Å². The summed E-state index contributed by atoms with van der Waals surface area (Å²) in [5.74, 6) is 0. The molecule has 3 nitrogen and oxygen atoms in total. The van der Waals surface area contributed by atoms with Crippen LogP contribution in [0.4, 0.5) is 0 Å². The molecule has 0 aliphatic carbocycles. The quantitative estimate of drug-likeness (QED) is 0.750. The molecule has 0 bridgehead atoms. The van der Waals surface area contributed by atoms with Crippen molar-refractivity contribution >= 4 is 0 Å². The first-order chi connectivity index (χ1) is 6.79. The van der Waals surface area contributed by atoms with Gasteiger partial charge >= 0.3 is 0 Å². The minimum Gasteiger partial charge on any atom is -0.390 e. The van der Waals surface area contributed by atoms with Crippen molar-refractivity contribution in [2.75, 3.05) is 19.8 Å². The van der Waals surface area contributed by atoms with Gasteiger partial charge in [0.1, 0.15) is 0 Å². The molecule has 1 atom stereocenters. The fourth-order valence-corrected chi connectivity index (χ4v) is 2.30. The van der Waals surface area contributed by atoms with E-state index in [2.05, 4.69) is 0 Å². The summed E-state index contributed by atoms with van der Waals surface area (Å²) >= 11 is 0. The Morgan fingerprint density at radius 3 is 2.64 bits per heavy atom. The molecule has 0 amide bonds. The zero-order valence-electron chi connectivity index (χ0n) is 8.71. The predicted molar refractivity (Wildman–Crippen MR) is 53.2 cm³/mol. The van der Waals surface area contributed by atoms with Crippen LogP contribution in [0.1, 0.15) is 38.5 Å². The van der Waals surface area contributed by atoms with Gasteiger partial charge in [0, 0.05) is 19.8 Å². The molecule has 2 rings (SSSR count). The van der Waals surface area contributed by atoms with E-state index in [1.165, 1.54) is 12.8 Å². The molecule has 0 aromatic rings. The molecule has 0 radical (unpaired) electrons. The van der Waals surface area contributed by atoms with Gasteiger partial charge in [-0.15, -0.1) is 0 Å². The average molecular weight is 200 g/mol. The summed E-state index contributed by atoms with van der Waals surface area (Å²) in [5.41, 5.74) is -0.468. The Morgan fingerprint density at radius 1 is 1.21 bits per heavy atom. The maximum Gasteiger partial charge on any atom is 0.0692 e. The van der Waals surface area contributed by atoms with Crippen LogP contribution in [0.2, 0.25) is 0 Å². The Morgan fingerprint density at radius 2 is 2.00 bits per heavy atom. The summed E-state index contributed by atoms with van der Waals surface area (Å²) in [6.07, 6.45) is 6.23. The molecular weight excluding hydrogens is 180 g/mol. The lowest BCUT2D eigenvalue weighted by molar-refractivity contribution is -0.0743. The lowest BCUT2D eigenvalue weighted by atomic mass is 9.88. The third-order valence-corrected chi connectivity index (χ3v) is 3.38. The summed E-state index contributed by atoms with van der Waals surface area (Å²) in [6, 6.07) is 0. The molecule has 2 aliphatic rings. The molecule has 2 heterocycles. The third-order valence-electron chi connectivity index (χ3n) is 3.38. The van der Waals surface area contributed by atoms with E-state index in [1.807, 2.05) is 0 Å². The summed E-state index contributed by atoms with van der Waals surface area (Å²) in [5, 5.41) is 10.2. The van der Waals surface area contributed by atoms with Crippen LogP contribution in [0.15, 0.2) is 0 Å². The number of ether oxygens (including phenoxy) is 2. The van der Waals surface area contributed by atoms with Crippen LogP contribution in [0.3, 0.4) is 0 Å². The maximum absolute atomic E-state index is 10.2. The van der Waals surface area contributed by atoms with Gasteiger partial charge in [-0.3, -0.25) is 0 Å². The van der Waals surface area contributed by atoms with E-state index in [9.17, 15) is 5.11 Å². The lowest BCUT2D eigenvalue weighted by Crippen LogP contribution is -2.36. The van der Waals surface area contributed by atoms with E-state index in [-0.39, 0.29) is 0 Å². The van der Waals surface area contributed by atoms with Crippen LogP contribution in [0.25, 0.3) is 0 Å². The van der Waals surface area contributed by atoms with E-state index in [4.69, 9.17) is 9.47 Å². The maximum atomic E-state index is 10.2. The molecule has 2 fully saturated rings. The van der Waals surface area contributed by atoms with Crippen LogP contribution < -0.4 is 0 Å². The van der Waals surface area contributed by atoms with Gasteiger partial charge in [-0.1, -0.05) is 0 Å². The van der Waals surface area contributed by atoms with E-state index in [0.717, 1.165) is 32.3 Å². The van der Waals surface area contributed by atoms with Gasteiger partial charge in [0.25, 0.3) is 0 Å². The molecule has 0 spiro atoms. The number of hydrogen-bond acceptors (Lipinski definition) is 3. The van der Waals surface area contributed by atoms with Crippen molar-refractivity contribution in [1.82, 2.24) is 0 Å². The zero-order chi connectivity index (χ0) is 9.86. The van der Waals surface area contributed by atoms with Crippen molar-refractivity contribution in [3.63, 3.8) is 0 Å². The second-order valence-corrected chi connectivity index (χ2v) is 4.51. The molecule has 14 heavy (non-hydrogen) atoms. The first kappa shape index (κ1) is 10.4. The second kappa shape index (κ2) is 4.60. The Bertz CT molecular complexity index is 169. The summed E-state index contributed by atoms with van der Waals surface area (Å²) in [4.78, 5) is 0. The average Bonchev–Trinajstić information content (AvgIpc) is 2.69. The summed E-state index contributed by atoms with van der Waals surface area (Å²) in [6.45, 7) is 2.33. The van der Waals surface area contributed by atoms with Crippen molar-refractivity contribution < 1.29 is 14.6 Å². The van der Waals surface area contributed by atoms with E-state index >= 15 is 0 Å². The molecule has 0 saturated carbocycles. The topological polar surface area (TPSA) is 38.7 Å². The lowest BCUT2D eigenvalue weighted by Gasteiger charge is -2.32. The highest BCUT2D eigenvalue weighted by Crippen LogP contribution is 2.28. The van der Waals surface area contributed by atoms with Crippen LogP contribution in [0, 0.1) is 0 Å². The third kappa shape index (κ3) is 2.69. The molecule has 1 unspecified atom stereocenters. The Balaban J connectivity index is 1.72. The standard InChI is InChI=1S/C11H20O3/c12-11(5-8-13-9-6-11)4-3-10-2-1-7-14-10/h10,12H,1-9H2. The van der Waals surface area contributed by atoms with Gasteiger partial charge in [-0.05, 0) is 38.5 Å². The number of rotatable bonds is 3. The highest BCUT2D eigenvalue weighted by atomic mass is 16.5. The van der Waals surface area contributed by atoms with Crippen molar-refractivity contribution in [1.29, 1.82) is 0 Å². The monoisotopic (exact) mass is 200 g/mol. The van der Waals surface area contributed by atoms with Crippen LogP contribution >= 0.6 is 0 Å². The van der Waals surface area contributed by atoms with Crippen molar-refractivity contribution in [3.8, 4) is 0 Å². The number of aliphatic hydroxyl groups is 1. The van der Waals surface area contributed by atoms with Gasteiger partial charge in [0.15, 0.2) is 0 Å². The molecule has 0 aromatic heterocycles. The molecule has 1 N–H and O–H groups in total. The normalized spacial score (nSPS) is 31.9. The zero-order valence-corrected chi connectivity index (χ0v) is 8.71. The Hall–Kier alpha value is -0.120. The molecule has 2 aliphatic heterocycles. The first-order valence-corrected chi connectivity index (χ1v) is 5.70. The van der Waals surface area contributed by atoms with E-state index in [0.29, 0.717) is 19.3 Å². The molecule has 3 heteroatoms. The first-order valence-electron chi connectivity index (χ1n) is 5.70. The summed E-state index contributed by atoms with van der Waals surface area (Å²) in [7, 11) is 0. The van der Waals surface area contributed by atoms with Crippen LogP contribution in [-0.4, -0.2) is 36.6 Å². The molecular formula is C11H20O3. The van der Waals surface area contributed by atoms with Gasteiger partial charge in [0.05, 0.1) is 11.7 Å². The fraction of sp³-hybridized carbons (Fsp3) is 1.00. The highest BCUT2D eigenvalue weighted by molar-refractivity contribution is 4.82. The van der Waals surface area contributed by atoms with Gasteiger partial charge < -0.3 is 14.6 Å². The Kier molecular flexibility index (Phi) is 3.42. The van der Waals surface area contributed by atoms with Gasteiger partial charge in [0.2, 0.25) is 0 Å². The predicted octanol–water partition coefficient (Wildman–Crippen LogP) is 1.49.